The first-order valence-electron chi connectivity index (χ1n) is 12.3. The minimum atomic E-state index is 0. The van der Waals surface area contributed by atoms with Crippen LogP contribution in [-0.2, 0) is 11.3 Å². The summed E-state index contributed by atoms with van der Waals surface area (Å²) in [6, 6.07) is 10.4. The van der Waals surface area contributed by atoms with Crippen LogP contribution in [0, 0.1) is 11.8 Å². The maximum atomic E-state index is 5.99. The van der Waals surface area contributed by atoms with Crippen molar-refractivity contribution >= 4 is 29.9 Å². The molecule has 2 atom stereocenters. The molecule has 2 aliphatic heterocycles. The number of ether oxygens (including phenoxy) is 1. The zero-order valence-electron chi connectivity index (χ0n) is 20.3. The Hall–Kier alpha value is -0.900. The van der Waals surface area contributed by atoms with Crippen LogP contribution in [0.4, 0.5) is 0 Å². The average Bonchev–Trinajstić information content (AvgIpc) is 3.26. The molecule has 3 rings (SSSR count). The van der Waals surface area contributed by atoms with Gasteiger partial charge in [0, 0.05) is 64.8 Å². The normalized spacial score (nSPS) is 21.4. The molecule has 1 N–H and O–H groups in total. The van der Waals surface area contributed by atoms with Crippen molar-refractivity contribution < 1.29 is 4.74 Å². The molecule has 0 aromatic heterocycles. The van der Waals surface area contributed by atoms with Crippen molar-refractivity contribution in [1.82, 2.24) is 20.0 Å². The molecular formula is C25H44IN5O. The fraction of sp³-hybridized carbons (Fsp3) is 0.720. The summed E-state index contributed by atoms with van der Waals surface area (Å²) >= 11 is 0. The number of hydrogen-bond acceptors (Lipinski definition) is 4. The van der Waals surface area contributed by atoms with Crippen LogP contribution in [0.3, 0.4) is 0 Å². The lowest BCUT2D eigenvalue weighted by Crippen LogP contribution is -2.47. The lowest BCUT2D eigenvalue weighted by Gasteiger charge is -2.35. The van der Waals surface area contributed by atoms with Crippen molar-refractivity contribution in [3.8, 4) is 0 Å². The second-order valence-corrected chi connectivity index (χ2v) is 9.14. The quantitative estimate of drug-likeness (QED) is 0.272. The highest BCUT2D eigenvalue weighted by Gasteiger charge is 2.25. The molecule has 0 bridgehead atoms. The van der Waals surface area contributed by atoms with E-state index in [-0.39, 0.29) is 24.0 Å². The number of rotatable bonds is 10. The number of aliphatic imine (C=N–C) groups is 1. The third-order valence-corrected chi connectivity index (χ3v) is 6.42. The summed E-state index contributed by atoms with van der Waals surface area (Å²) in [4.78, 5) is 12.6. The summed E-state index contributed by atoms with van der Waals surface area (Å²) in [6.07, 6.45) is 1.18. The summed E-state index contributed by atoms with van der Waals surface area (Å²) in [5.41, 5.74) is 1.25. The summed E-state index contributed by atoms with van der Waals surface area (Å²) in [6.45, 7) is 19.3. The van der Waals surface area contributed by atoms with E-state index in [1.807, 2.05) is 6.07 Å². The molecule has 0 aliphatic carbocycles. The highest BCUT2D eigenvalue weighted by Crippen LogP contribution is 2.18. The first kappa shape index (κ1) is 27.3. The number of halogens is 1. The van der Waals surface area contributed by atoms with Gasteiger partial charge in [-0.1, -0.05) is 44.2 Å². The molecule has 2 saturated heterocycles. The molecule has 1 aromatic rings. The van der Waals surface area contributed by atoms with Gasteiger partial charge in [0.05, 0.1) is 13.2 Å². The Morgan fingerprint density at radius 3 is 2.50 bits per heavy atom. The van der Waals surface area contributed by atoms with Crippen molar-refractivity contribution in [3.05, 3.63) is 35.9 Å². The van der Waals surface area contributed by atoms with E-state index in [2.05, 4.69) is 65.1 Å². The third kappa shape index (κ3) is 9.15. The molecule has 182 valence electrons. The van der Waals surface area contributed by atoms with Crippen molar-refractivity contribution in [3.63, 3.8) is 0 Å². The molecule has 0 radical (unpaired) electrons. The second kappa shape index (κ2) is 15.1. The largest absolute Gasteiger partial charge is 0.376 e. The van der Waals surface area contributed by atoms with Crippen LogP contribution in [0.1, 0.15) is 32.8 Å². The molecule has 2 heterocycles. The van der Waals surface area contributed by atoms with E-state index in [0.717, 1.165) is 45.3 Å². The summed E-state index contributed by atoms with van der Waals surface area (Å²) in [5, 5.41) is 3.51. The Morgan fingerprint density at radius 1 is 1.09 bits per heavy atom. The Labute approximate surface area is 212 Å². The Bertz CT molecular complexity index is 651. The standard InChI is InChI=1S/C25H43N5O.HI/c1-4-26-25(27-17-22(3)18-29-15-13-28(5-2)14-16-29)30-12-11-24(19-30)21-31-20-23-9-7-6-8-10-23;/h6-10,22,24H,4-5,11-21H2,1-3H3,(H,26,27);1H. The molecule has 0 spiro atoms. The minimum absolute atomic E-state index is 0. The number of nitrogens with zero attached hydrogens (tertiary/aromatic N) is 4. The predicted octanol–water partition coefficient (Wildman–Crippen LogP) is 3.38. The molecule has 32 heavy (non-hydrogen) atoms. The van der Waals surface area contributed by atoms with Crippen LogP contribution in [-0.4, -0.2) is 92.7 Å². The maximum absolute atomic E-state index is 5.99. The van der Waals surface area contributed by atoms with Gasteiger partial charge in [-0.25, -0.2) is 0 Å². The van der Waals surface area contributed by atoms with E-state index in [0.29, 0.717) is 18.4 Å². The Balaban J connectivity index is 0.00000363. The molecule has 2 unspecified atom stereocenters. The van der Waals surface area contributed by atoms with Crippen LogP contribution >= 0.6 is 24.0 Å². The van der Waals surface area contributed by atoms with Gasteiger partial charge in [-0.05, 0) is 31.4 Å². The van der Waals surface area contributed by atoms with Gasteiger partial charge in [0.1, 0.15) is 0 Å². The average molecular weight is 558 g/mol. The van der Waals surface area contributed by atoms with E-state index >= 15 is 0 Å². The van der Waals surface area contributed by atoms with Crippen LogP contribution in [0.15, 0.2) is 35.3 Å². The van der Waals surface area contributed by atoms with E-state index in [1.165, 1.54) is 44.7 Å². The van der Waals surface area contributed by atoms with Gasteiger partial charge in [-0.2, -0.15) is 0 Å². The summed E-state index contributed by atoms with van der Waals surface area (Å²) in [7, 11) is 0. The van der Waals surface area contributed by atoms with Gasteiger partial charge >= 0.3 is 0 Å². The molecule has 0 amide bonds. The smallest absolute Gasteiger partial charge is 0.193 e. The van der Waals surface area contributed by atoms with Crippen LogP contribution in [0.25, 0.3) is 0 Å². The van der Waals surface area contributed by atoms with E-state index in [4.69, 9.17) is 9.73 Å². The number of likely N-dealkylation sites (tertiary alicyclic amines) is 1. The summed E-state index contributed by atoms with van der Waals surface area (Å²) < 4.78 is 5.99. The molecular weight excluding hydrogens is 513 g/mol. The minimum Gasteiger partial charge on any atom is -0.376 e. The lowest BCUT2D eigenvalue weighted by molar-refractivity contribution is 0.0906. The van der Waals surface area contributed by atoms with Crippen LogP contribution < -0.4 is 5.32 Å². The van der Waals surface area contributed by atoms with Crippen molar-refractivity contribution in [1.29, 1.82) is 0 Å². The number of piperazine rings is 1. The number of nitrogens with one attached hydrogen (secondary N) is 1. The topological polar surface area (TPSA) is 43.3 Å². The molecule has 2 fully saturated rings. The van der Waals surface area contributed by atoms with Gasteiger partial charge in [0.2, 0.25) is 0 Å². The van der Waals surface area contributed by atoms with E-state index < -0.39 is 0 Å². The maximum Gasteiger partial charge on any atom is 0.193 e. The highest BCUT2D eigenvalue weighted by atomic mass is 127. The third-order valence-electron chi connectivity index (χ3n) is 6.42. The van der Waals surface area contributed by atoms with Crippen LogP contribution in [0.5, 0.6) is 0 Å². The second-order valence-electron chi connectivity index (χ2n) is 9.14. The highest BCUT2D eigenvalue weighted by molar-refractivity contribution is 14.0. The predicted molar refractivity (Wildman–Crippen MR) is 145 cm³/mol. The van der Waals surface area contributed by atoms with E-state index in [1.54, 1.807) is 0 Å². The van der Waals surface area contributed by atoms with Gasteiger partial charge < -0.3 is 24.8 Å². The zero-order valence-corrected chi connectivity index (χ0v) is 22.7. The van der Waals surface area contributed by atoms with Gasteiger partial charge in [-0.15, -0.1) is 24.0 Å². The molecule has 7 heteroatoms. The zero-order chi connectivity index (χ0) is 21.9. The first-order valence-corrected chi connectivity index (χ1v) is 12.3. The number of benzene rings is 1. The van der Waals surface area contributed by atoms with Crippen molar-refractivity contribution in [2.45, 2.75) is 33.8 Å². The van der Waals surface area contributed by atoms with Gasteiger partial charge in [-0.3, -0.25) is 4.99 Å². The van der Waals surface area contributed by atoms with Crippen molar-refractivity contribution in [2.24, 2.45) is 16.8 Å². The van der Waals surface area contributed by atoms with E-state index in [9.17, 15) is 0 Å². The molecule has 1 aromatic carbocycles. The number of likely N-dealkylation sites (N-methyl/N-ethyl adjacent to an activating group) is 1. The van der Waals surface area contributed by atoms with Gasteiger partial charge in [0.15, 0.2) is 5.96 Å². The monoisotopic (exact) mass is 557 g/mol. The molecule has 6 nitrogen and oxygen atoms in total. The number of hydrogen-bond donors (Lipinski definition) is 1. The van der Waals surface area contributed by atoms with Gasteiger partial charge in [0.25, 0.3) is 0 Å². The SMILES string of the molecule is CCNC(=NCC(C)CN1CCN(CC)CC1)N1CCC(COCc2ccccc2)C1.I. The fourth-order valence-electron chi connectivity index (χ4n) is 4.53. The Kier molecular flexibility index (Phi) is 12.9. The lowest BCUT2D eigenvalue weighted by atomic mass is 10.1. The molecule has 2 aliphatic rings. The fourth-order valence-corrected chi connectivity index (χ4v) is 4.53. The number of guanidine groups is 1. The first-order chi connectivity index (χ1) is 15.2. The van der Waals surface area contributed by atoms with Crippen molar-refractivity contribution in [2.75, 3.05) is 72.1 Å². The molecule has 0 saturated carbocycles. The Morgan fingerprint density at radius 2 is 1.81 bits per heavy atom. The summed E-state index contributed by atoms with van der Waals surface area (Å²) in [5.74, 6) is 2.24. The van der Waals surface area contributed by atoms with Crippen LogP contribution in [0.2, 0.25) is 0 Å².